The van der Waals surface area contributed by atoms with Gasteiger partial charge >= 0.3 is 0 Å². The molecule has 0 aliphatic heterocycles. The second-order valence-corrected chi connectivity index (χ2v) is 4.94. The van der Waals surface area contributed by atoms with Gasteiger partial charge < -0.3 is 10.2 Å². The second-order valence-electron chi connectivity index (χ2n) is 4.94. The zero-order chi connectivity index (χ0) is 15.2. The molecule has 0 unspecified atom stereocenters. The summed E-state index contributed by atoms with van der Waals surface area (Å²) in [6.45, 7) is 5.18. The van der Waals surface area contributed by atoms with Crippen molar-refractivity contribution >= 4 is 11.7 Å². The van der Waals surface area contributed by atoms with Crippen molar-refractivity contribution in [2.45, 2.75) is 20.4 Å². The lowest BCUT2D eigenvalue weighted by Gasteiger charge is -2.21. The molecule has 21 heavy (non-hydrogen) atoms. The SMILES string of the molecule is CCN(Cc1ccccc1)C(=O)c1cc(C)nc(NC)c1. The van der Waals surface area contributed by atoms with Crippen LogP contribution in [-0.4, -0.2) is 29.4 Å². The van der Waals surface area contributed by atoms with E-state index in [2.05, 4.69) is 10.3 Å². The van der Waals surface area contributed by atoms with Crippen molar-refractivity contribution in [1.29, 1.82) is 0 Å². The number of benzene rings is 1. The highest BCUT2D eigenvalue weighted by Gasteiger charge is 2.15. The van der Waals surface area contributed by atoms with E-state index >= 15 is 0 Å². The van der Waals surface area contributed by atoms with Gasteiger partial charge in [0.2, 0.25) is 0 Å². The van der Waals surface area contributed by atoms with Crippen molar-refractivity contribution in [3.8, 4) is 0 Å². The molecule has 0 bridgehead atoms. The molecule has 2 rings (SSSR count). The van der Waals surface area contributed by atoms with Gasteiger partial charge in [0.15, 0.2) is 0 Å². The zero-order valence-electron chi connectivity index (χ0n) is 12.8. The molecule has 4 heteroatoms. The van der Waals surface area contributed by atoms with E-state index in [1.54, 1.807) is 13.1 Å². The predicted octanol–water partition coefficient (Wildman–Crippen LogP) is 3.09. The minimum absolute atomic E-state index is 0.0309. The van der Waals surface area contributed by atoms with Crippen LogP contribution in [0.25, 0.3) is 0 Å². The topological polar surface area (TPSA) is 45.2 Å². The number of aryl methyl sites for hydroxylation is 1. The van der Waals surface area contributed by atoms with E-state index in [0.29, 0.717) is 24.5 Å². The lowest BCUT2D eigenvalue weighted by Crippen LogP contribution is -2.30. The van der Waals surface area contributed by atoms with Gasteiger partial charge in [-0.2, -0.15) is 0 Å². The first-order valence-corrected chi connectivity index (χ1v) is 7.13. The Morgan fingerprint density at radius 2 is 1.95 bits per heavy atom. The Labute approximate surface area is 125 Å². The molecule has 0 fully saturated rings. The molecular formula is C17H21N3O. The molecule has 110 valence electrons. The Balaban J connectivity index is 2.22. The fourth-order valence-electron chi connectivity index (χ4n) is 2.23. The van der Waals surface area contributed by atoms with Gasteiger partial charge in [0.1, 0.15) is 5.82 Å². The van der Waals surface area contributed by atoms with E-state index in [9.17, 15) is 4.79 Å². The van der Waals surface area contributed by atoms with Gasteiger partial charge in [-0.15, -0.1) is 0 Å². The predicted molar refractivity (Wildman–Crippen MR) is 85.4 cm³/mol. The molecule has 1 heterocycles. The Hall–Kier alpha value is -2.36. The largest absolute Gasteiger partial charge is 0.373 e. The van der Waals surface area contributed by atoms with E-state index < -0.39 is 0 Å². The average molecular weight is 283 g/mol. The summed E-state index contributed by atoms with van der Waals surface area (Å²) in [6, 6.07) is 13.7. The lowest BCUT2D eigenvalue weighted by molar-refractivity contribution is 0.0752. The summed E-state index contributed by atoms with van der Waals surface area (Å²) < 4.78 is 0. The van der Waals surface area contributed by atoms with Crippen LogP contribution in [-0.2, 0) is 6.54 Å². The van der Waals surface area contributed by atoms with Crippen molar-refractivity contribution in [2.24, 2.45) is 0 Å². The molecule has 1 aromatic heterocycles. The van der Waals surface area contributed by atoms with Crippen molar-refractivity contribution in [3.05, 3.63) is 59.3 Å². The Morgan fingerprint density at radius 1 is 1.24 bits per heavy atom. The Bertz CT molecular complexity index is 611. The number of aromatic nitrogens is 1. The van der Waals surface area contributed by atoms with Crippen LogP contribution in [0.5, 0.6) is 0 Å². The van der Waals surface area contributed by atoms with Crippen LogP contribution >= 0.6 is 0 Å². The summed E-state index contributed by atoms with van der Waals surface area (Å²) in [5.74, 6) is 0.748. The second kappa shape index (κ2) is 6.88. The van der Waals surface area contributed by atoms with E-state index in [4.69, 9.17) is 0 Å². The van der Waals surface area contributed by atoms with Gasteiger partial charge in [-0.05, 0) is 31.5 Å². The third-order valence-corrected chi connectivity index (χ3v) is 3.34. The number of hydrogen-bond acceptors (Lipinski definition) is 3. The van der Waals surface area contributed by atoms with Crippen LogP contribution in [0.15, 0.2) is 42.5 Å². The summed E-state index contributed by atoms with van der Waals surface area (Å²) in [6.07, 6.45) is 0. The van der Waals surface area contributed by atoms with Gasteiger partial charge in [0.25, 0.3) is 5.91 Å². The molecule has 0 saturated carbocycles. The monoisotopic (exact) mass is 283 g/mol. The van der Waals surface area contributed by atoms with Crippen molar-refractivity contribution in [2.75, 3.05) is 18.9 Å². The normalized spacial score (nSPS) is 10.2. The van der Waals surface area contributed by atoms with E-state index in [-0.39, 0.29) is 5.91 Å². The molecule has 0 spiro atoms. The number of amides is 1. The van der Waals surface area contributed by atoms with E-state index in [1.807, 2.05) is 55.1 Å². The fourth-order valence-corrected chi connectivity index (χ4v) is 2.23. The maximum absolute atomic E-state index is 12.7. The van der Waals surface area contributed by atoms with Crippen LogP contribution in [0.4, 0.5) is 5.82 Å². The fraction of sp³-hybridized carbons (Fsp3) is 0.294. The summed E-state index contributed by atoms with van der Waals surface area (Å²) in [5, 5.41) is 2.99. The first-order valence-electron chi connectivity index (χ1n) is 7.13. The number of rotatable bonds is 5. The third-order valence-electron chi connectivity index (χ3n) is 3.34. The number of hydrogen-bond donors (Lipinski definition) is 1. The summed E-state index contributed by atoms with van der Waals surface area (Å²) in [4.78, 5) is 18.8. The van der Waals surface area contributed by atoms with Gasteiger partial charge in [-0.25, -0.2) is 4.98 Å². The minimum Gasteiger partial charge on any atom is -0.373 e. The number of pyridine rings is 1. The standard InChI is InChI=1S/C17H21N3O/c1-4-20(12-14-8-6-5-7-9-14)17(21)15-10-13(2)19-16(11-15)18-3/h5-11H,4,12H2,1-3H3,(H,18,19). The van der Waals surface area contributed by atoms with Crippen molar-refractivity contribution in [1.82, 2.24) is 9.88 Å². The van der Waals surface area contributed by atoms with Gasteiger partial charge in [-0.3, -0.25) is 4.79 Å². The smallest absolute Gasteiger partial charge is 0.254 e. The van der Waals surface area contributed by atoms with Crippen molar-refractivity contribution in [3.63, 3.8) is 0 Å². The van der Waals surface area contributed by atoms with Crippen LogP contribution in [0, 0.1) is 6.92 Å². The number of nitrogens with zero attached hydrogens (tertiary/aromatic N) is 2. The maximum atomic E-state index is 12.7. The molecule has 1 aromatic carbocycles. The summed E-state index contributed by atoms with van der Waals surface area (Å²) >= 11 is 0. The lowest BCUT2D eigenvalue weighted by atomic mass is 10.1. The highest BCUT2D eigenvalue weighted by molar-refractivity contribution is 5.95. The first kappa shape index (κ1) is 15.0. The molecule has 4 nitrogen and oxygen atoms in total. The number of anilines is 1. The molecule has 0 atom stereocenters. The van der Waals surface area contributed by atoms with Crippen LogP contribution in [0.1, 0.15) is 28.5 Å². The van der Waals surface area contributed by atoms with E-state index in [0.717, 1.165) is 11.3 Å². The number of nitrogens with one attached hydrogen (secondary N) is 1. The highest BCUT2D eigenvalue weighted by atomic mass is 16.2. The molecule has 2 aromatic rings. The van der Waals surface area contributed by atoms with Gasteiger partial charge in [-0.1, -0.05) is 30.3 Å². The first-order chi connectivity index (χ1) is 10.1. The molecule has 1 N–H and O–H groups in total. The van der Waals surface area contributed by atoms with E-state index in [1.165, 1.54) is 0 Å². The van der Waals surface area contributed by atoms with Gasteiger partial charge in [0, 0.05) is 31.4 Å². The van der Waals surface area contributed by atoms with Crippen LogP contribution in [0.3, 0.4) is 0 Å². The van der Waals surface area contributed by atoms with Crippen molar-refractivity contribution < 1.29 is 4.79 Å². The summed E-state index contributed by atoms with van der Waals surface area (Å²) in [5.41, 5.74) is 2.64. The molecule has 0 aliphatic rings. The quantitative estimate of drug-likeness (QED) is 0.917. The van der Waals surface area contributed by atoms with Crippen LogP contribution in [0.2, 0.25) is 0 Å². The highest BCUT2D eigenvalue weighted by Crippen LogP contribution is 2.14. The van der Waals surface area contributed by atoms with Gasteiger partial charge in [0.05, 0.1) is 0 Å². The van der Waals surface area contributed by atoms with Crippen LogP contribution < -0.4 is 5.32 Å². The Morgan fingerprint density at radius 3 is 2.57 bits per heavy atom. The minimum atomic E-state index is 0.0309. The zero-order valence-corrected chi connectivity index (χ0v) is 12.8. The molecule has 0 aliphatic carbocycles. The average Bonchev–Trinajstić information content (AvgIpc) is 2.52. The molecular weight excluding hydrogens is 262 g/mol. The third kappa shape index (κ3) is 3.81. The summed E-state index contributed by atoms with van der Waals surface area (Å²) in [7, 11) is 1.80. The molecule has 0 saturated heterocycles. The number of carbonyl (C=O) groups excluding carboxylic acids is 1. The maximum Gasteiger partial charge on any atom is 0.254 e. The molecule has 0 radical (unpaired) electrons. The molecule has 1 amide bonds. The Kier molecular flexibility index (Phi) is 4.93. The number of carbonyl (C=O) groups is 1.